The van der Waals surface area contributed by atoms with Crippen LogP contribution in [-0.2, 0) is 11.0 Å². The molecule has 3 aliphatic rings. The van der Waals surface area contributed by atoms with Crippen molar-refractivity contribution in [3.05, 3.63) is 46.3 Å². The highest BCUT2D eigenvalue weighted by molar-refractivity contribution is 6.31. The first-order valence-electron chi connectivity index (χ1n) is 13.7. The predicted octanol–water partition coefficient (Wildman–Crippen LogP) is 5.91. The summed E-state index contributed by atoms with van der Waals surface area (Å²) in [5.41, 5.74) is -3.11. The van der Waals surface area contributed by atoms with Gasteiger partial charge in [-0.25, -0.2) is 4.39 Å². The summed E-state index contributed by atoms with van der Waals surface area (Å²) >= 11 is 6.08. The van der Waals surface area contributed by atoms with Crippen molar-refractivity contribution in [2.24, 2.45) is 22.7 Å². The van der Waals surface area contributed by atoms with Crippen LogP contribution in [0.5, 0.6) is 0 Å². The lowest BCUT2D eigenvalue weighted by Crippen LogP contribution is -2.43. The predicted molar refractivity (Wildman–Crippen MR) is 139 cm³/mol. The number of carboxylic acids is 1. The number of aliphatic carboxylic acids is 1. The molecule has 0 aromatic carbocycles. The van der Waals surface area contributed by atoms with Gasteiger partial charge in [0.2, 0.25) is 0 Å². The Balaban J connectivity index is 1.47. The fourth-order valence-corrected chi connectivity index (χ4v) is 7.35. The molecule has 0 aliphatic heterocycles. The van der Waals surface area contributed by atoms with E-state index < -0.39 is 65.3 Å². The lowest BCUT2D eigenvalue weighted by molar-refractivity contribution is -0.152. The Morgan fingerprint density at radius 3 is 2.29 bits per heavy atom. The van der Waals surface area contributed by atoms with Gasteiger partial charge >= 0.3 is 12.1 Å². The van der Waals surface area contributed by atoms with E-state index in [1.807, 2.05) is 0 Å². The molecule has 4 atom stereocenters. The second-order valence-electron chi connectivity index (χ2n) is 12.6. The highest BCUT2D eigenvalue weighted by atomic mass is 35.5. The van der Waals surface area contributed by atoms with Crippen LogP contribution in [0.25, 0.3) is 0 Å². The van der Waals surface area contributed by atoms with Crippen LogP contribution in [0.1, 0.15) is 93.1 Å². The Morgan fingerprint density at radius 1 is 1.15 bits per heavy atom. The number of amides is 1. The molecule has 2 aromatic rings. The molecule has 0 bridgehead atoms. The van der Waals surface area contributed by atoms with Crippen LogP contribution in [-0.4, -0.2) is 54.3 Å². The number of pyridine rings is 1. The number of aliphatic hydroxyl groups excluding tert-OH is 1. The number of aromatic nitrogens is 3. The van der Waals surface area contributed by atoms with Crippen LogP contribution in [0.3, 0.4) is 0 Å². The van der Waals surface area contributed by atoms with Gasteiger partial charge in [0.15, 0.2) is 5.69 Å². The summed E-state index contributed by atoms with van der Waals surface area (Å²) in [5.74, 6) is -2.26. The number of aliphatic hydroxyl groups is 1. The molecule has 2 heterocycles. The normalized spacial score (nSPS) is 29.6. The van der Waals surface area contributed by atoms with E-state index in [-0.39, 0.29) is 53.5 Å². The lowest BCUT2D eigenvalue weighted by Gasteiger charge is -2.35. The van der Waals surface area contributed by atoms with Crippen LogP contribution >= 0.6 is 11.6 Å². The van der Waals surface area contributed by atoms with E-state index in [2.05, 4.69) is 23.9 Å². The van der Waals surface area contributed by atoms with Crippen LogP contribution in [0, 0.1) is 28.5 Å². The van der Waals surface area contributed by atoms with Crippen molar-refractivity contribution in [2.75, 3.05) is 6.54 Å². The Kier molecular flexibility index (Phi) is 7.41. The van der Waals surface area contributed by atoms with Crippen LogP contribution < -0.4 is 0 Å². The van der Waals surface area contributed by atoms with Gasteiger partial charge in [-0.1, -0.05) is 25.4 Å². The number of halogens is 5. The monoisotopic (exact) mass is 600 g/mol. The summed E-state index contributed by atoms with van der Waals surface area (Å²) < 4.78 is 59.0. The molecule has 3 aliphatic carbocycles. The maximum atomic E-state index is 14.5. The fraction of sp³-hybridized carbons (Fsp3) is 0.643. The minimum Gasteiger partial charge on any atom is -0.481 e. The summed E-state index contributed by atoms with van der Waals surface area (Å²) in [5, 5.41) is 24.3. The molecule has 1 amide bonds. The van der Waals surface area contributed by atoms with Crippen LogP contribution in [0.15, 0.2) is 18.6 Å². The molecule has 0 spiro atoms. The molecule has 5 rings (SSSR count). The molecule has 0 radical (unpaired) electrons. The maximum absolute atomic E-state index is 14.5. The Bertz CT molecular complexity index is 1320. The first-order valence-corrected chi connectivity index (χ1v) is 14.1. The molecule has 1 unspecified atom stereocenters. The van der Waals surface area contributed by atoms with Gasteiger partial charge in [-0.3, -0.25) is 19.3 Å². The van der Waals surface area contributed by atoms with Crippen molar-refractivity contribution in [1.82, 2.24) is 19.7 Å². The number of carboxylic acid groups (broad SMARTS) is 1. The smallest absolute Gasteiger partial charge is 0.433 e. The minimum absolute atomic E-state index is 0.0673. The largest absolute Gasteiger partial charge is 0.481 e. The third-order valence-corrected chi connectivity index (χ3v) is 10.2. The Hall–Kier alpha value is -2.73. The SMILES string of the molecule is CC1(C(=O)O)CCC(n2ncc(C(=O)N(CC(O)c3c(F)cncc3Cl)[C@H]3C[C@@H]4[C@H](C3)C4(C)C)c2C(F)(F)F)CC1. The van der Waals surface area contributed by atoms with Crippen LogP contribution in [0.4, 0.5) is 17.6 Å². The van der Waals surface area contributed by atoms with Crippen LogP contribution in [0.2, 0.25) is 5.02 Å². The average molecular weight is 601 g/mol. The van der Waals surface area contributed by atoms with Gasteiger partial charge in [-0.15, -0.1) is 0 Å². The van der Waals surface area contributed by atoms with Gasteiger partial charge in [0.1, 0.15) is 11.9 Å². The molecular formula is C28H33ClF4N4O4. The van der Waals surface area contributed by atoms with E-state index in [0.29, 0.717) is 12.8 Å². The molecule has 3 saturated carbocycles. The molecule has 2 N–H and O–H groups in total. The molecule has 8 nitrogen and oxygen atoms in total. The van der Waals surface area contributed by atoms with Crippen molar-refractivity contribution >= 4 is 23.5 Å². The average Bonchev–Trinajstić information content (AvgIpc) is 3.30. The summed E-state index contributed by atoms with van der Waals surface area (Å²) in [6, 6.07) is -1.19. The van der Waals surface area contributed by atoms with Crippen molar-refractivity contribution in [1.29, 1.82) is 0 Å². The quantitative estimate of drug-likeness (QED) is 0.383. The highest BCUT2D eigenvalue weighted by Crippen LogP contribution is 2.67. The van der Waals surface area contributed by atoms with E-state index in [9.17, 15) is 37.4 Å². The number of hydrogen-bond acceptors (Lipinski definition) is 5. The summed E-state index contributed by atoms with van der Waals surface area (Å²) in [4.78, 5) is 30.4. The highest BCUT2D eigenvalue weighted by Gasteiger charge is 2.63. The number of alkyl halides is 3. The molecule has 41 heavy (non-hydrogen) atoms. The topological polar surface area (TPSA) is 109 Å². The van der Waals surface area contributed by atoms with Crippen molar-refractivity contribution in [2.45, 2.75) is 83.7 Å². The van der Waals surface area contributed by atoms with Gasteiger partial charge in [0.25, 0.3) is 5.91 Å². The Morgan fingerprint density at radius 2 is 1.76 bits per heavy atom. The zero-order valence-electron chi connectivity index (χ0n) is 23.0. The number of carbonyl (C=O) groups is 2. The van der Waals surface area contributed by atoms with Gasteiger partial charge in [0, 0.05) is 17.8 Å². The van der Waals surface area contributed by atoms with Gasteiger partial charge in [-0.2, -0.15) is 18.3 Å². The molecule has 13 heteroatoms. The summed E-state index contributed by atoms with van der Waals surface area (Å²) in [6.07, 6.45) is -1.86. The van der Waals surface area contributed by atoms with Crippen molar-refractivity contribution in [3.63, 3.8) is 0 Å². The minimum atomic E-state index is -4.93. The second-order valence-corrected chi connectivity index (χ2v) is 13.0. The van der Waals surface area contributed by atoms with E-state index in [1.54, 1.807) is 6.92 Å². The standard InChI is InChI=1S/C28H33ClF4N4O4/c1-26(2)17-8-15(9-18(17)26)36(13-21(38)22-19(29)11-34-12-20(22)30)24(39)16-10-35-37(23(16)28(31,32)33)14-4-6-27(3,7-5-14)25(40)41/h10-12,14-15,17-18,21,38H,4-9,13H2,1-3H3,(H,40,41)/t14?,15-,17+,18-,21?,27?. The van der Waals surface area contributed by atoms with Crippen molar-refractivity contribution < 1.29 is 37.4 Å². The molecule has 224 valence electrons. The van der Waals surface area contributed by atoms with Gasteiger partial charge < -0.3 is 15.1 Å². The first-order chi connectivity index (χ1) is 19.1. The van der Waals surface area contributed by atoms with E-state index in [1.165, 1.54) is 4.90 Å². The van der Waals surface area contributed by atoms with E-state index in [4.69, 9.17) is 11.6 Å². The molecule has 0 saturated heterocycles. The van der Waals surface area contributed by atoms with E-state index >= 15 is 0 Å². The van der Waals surface area contributed by atoms with Crippen molar-refractivity contribution in [3.8, 4) is 0 Å². The molecular weight excluding hydrogens is 568 g/mol. The van der Waals surface area contributed by atoms with Gasteiger partial charge in [0.05, 0.1) is 41.0 Å². The third-order valence-electron chi connectivity index (χ3n) is 9.85. The summed E-state index contributed by atoms with van der Waals surface area (Å²) in [7, 11) is 0. The number of fused-ring (bicyclic) bond motifs is 1. The maximum Gasteiger partial charge on any atom is 0.433 e. The molecule has 2 aromatic heterocycles. The second kappa shape index (κ2) is 10.2. The number of rotatable bonds is 7. The number of carbonyl (C=O) groups excluding carboxylic acids is 1. The number of nitrogens with zero attached hydrogens (tertiary/aromatic N) is 4. The van der Waals surface area contributed by atoms with Gasteiger partial charge in [-0.05, 0) is 62.7 Å². The third kappa shape index (κ3) is 5.22. The zero-order valence-corrected chi connectivity index (χ0v) is 23.7. The summed E-state index contributed by atoms with van der Waals surface area (Å²) in [6.45, 7) is 5.32. The fourth-order valence-electron chi connectivity index (χ4n) is 7.08. The zero-order chi connectivity index (χ0) is 30.1. The Labute approximate surface area is 239 Å². The lowest BCUT2D eigenvalue weighted by atomic mass is 9.74. The number of hydrogen-bond donors (Lipinski definition) is 2. The first kappa shape index (κ1) is 29.8. The van der Waals surface area contributed by atoms with E-state index in [0.717, 1.165) is 23.3 Å². The molecule has 3 fully saturated rings.